The molecule has 40 heavy (non-hydrogen) atoms. The number of fused-ring (bicyclic) bond motifs is 1. The van der Waals surface area contributed by atoms with E-state index in [-0.39, 0.29) is 36.5 Å². The van der Waals surface area contributed by atoms with Crippen LogP contribution in [0.1, 0.15) is 10.4 Å². The van der Waals surface area contributed by atoms with E-state index in [1.807, 2.05) is 24.3 Å². The van der Waals surface area contributed by atoms with Gasteiger partial charge in [-0.25, -0.2) is 13.8 Å². The van der Waals surface area contributed by atoms with Crippen molar-refractivity contribution in [2.24, 2.45) is 0 Å². The Morgan fingerprint density at radius 3 is 2.00 bits per heavy atom. The number of hydrogen-bond acceptors (Lipinski definition) is 4. The molecule has 0 saturated heterocycles. The highest BCUT2D eigenvalue weighted by atomic mass is 19.1. The first-order valence-electron chi connectivity index (χ1n) is 12.6. The summed E-state index contributed by atoms with van der Waals surface area (Å²) in [4.78, 5) is 32.1. The van der Waals surface area contributed by atoms with Gasteiger partial charge in [0, 0.05) is 16.7 Å². The van der Waals surface area contributed by atoms with Crippen LogP contribution in [-0.2, 0) is 4.79 Å². The predicted octanol–water partition coefficient (Wildman–Crippen LogP) is 6.97. The second kappa shape index (κ2) is 10.5. The number of nitrogens with zero attached hydrogens (tertiary/aromatic N) is 2. The van der Waals surface area contributed by atoms with Crippen LogP contribution >= 0.6 is 0 Å². The fourth-order valence-corrected chi connectivity index (χ4v) is 4.65. The van der Waals surface area contributed by atoms with Crippen LogP contribution in [0.4, 0.5) is 14.5 Å². The van der Waals surface area contributed by atoms with E-state index in [2.05, 4.69) is 0 Å². The van der Waals surface area contributed by atoms with Gasteiger partial charge in [0.2, 0.25) is 0 Å². The quantitative estimate of drug-likeness (QED) is 0.222. The van der Waals surface area contributed by atoms with E-state index in [0.717, 1.165) is 11.1 Å². The Morgan fingerprint density at radius 1 is 0.725 bits per heavy atom. The monoisotopic (exact) mass is 532 g/mol. The molecule has 0 N–H and O–H groups in total. The Labute approximate surface area is 229 Å². The molecule has 0 saturated carbocycles. The van der Waals surface area contributed by atoms with Gasteiger partial charge >= 0.3 is 0 Å². The average Bonchev–Trinajstić information content (AvgIpc) is 2.99. The molecule has 1 aromatic heterocycles. The van der Waals surface area contributed by atoms with Crippen molar-refractivity contribution in [2.45, 2.75) is 0 Å². The smallest absolute Gasteiger partial charge is 0.265 e. The van der Waals surface area contributed by atoms with Crippen LogP contribution in [-0.4, -0.2) is 29.8 Å². The van der Waals surface area contributed by atoms with E-state index < -0.39 is 0 Å². The van der Waals surface area contributed by atoms with E-state index in [4.69, 9.17) is 9.72 Å². The summed E-state index contributed by atoms with van der Waals surface area (Å²) in [6, 6.07) is 30.0. The minimum Gasteiger partial charge on any atom is -0.482 e. The second-order valence-corrected chi connectivity index (χ2v) is 9.38. The van der Waals surface area contributed by atoms with E-state index in [0.29, 0.717) is 39.5 Å². The van der Waals surface area contributed by atoms with Gasteiger partial charge in [-0.3, -0.25) is 14.5 Å². The van der Waals surface area contributed by atoms with Gasteiger partial charge in [0.25, 0.3) is 5.91 Å². The third-order valence-corrected chi connectivity index (χ3v) is 6.74. The maximum Gasteiger partial charge on any atom is 0.265 e. The van der Waals surface area contributed by atoms with Crippen LogP contribution in [0.5, 0.6) is 5.75 Å². The summed E-state index contributed by atoms with van der Waals surface area (Å²) >= 11 is 0. The molecule has 1 amide bonds. The van der Waals surface area contributed by atoms with Gasteiger partial charge in [0.15, 0.2) is 12.4 Å². The van der Waals surface area contributed by atoms with Crippen molar-refractivity contribution in [2.75, 3.05) is 18.1 Å². The Kier molecular flexibility index (Phi) is 6.62. The summed E-state index contributed by atoms with van der Waals surface area (Å²) in [6.07, 6.45) is 0. The summed E-state index contributed by atoms with van der Waals surface area (Å²) in [5, 5.41) is 0. The Bertz CT molecular complexity index is 1660. The minimum atomic E-state index is -0.358. The lowest BCUT2D eigenvalue weighted by atomic mass is 9.99. The maximum absolute atomic E-state index is 13.6. The van der Waals surface area contributed by atoms with Gasteiger partial charge in [0.1, 0.15) is 17.4 Å². The van der Waals surface area contributed by atoms with E-state index in [9.17, 15) is 18.4 Å². The van der Waals surface area contributed by atoms with Gasteiger partial charge < -0.3 is 4.74 Å². The number of carbonyl (C=O) groups excluding carboxylic acids is 2. The van der Waals surface area contributed by atoms with Crippen molar-refractivity contribution in [3.63, 3.8) is 0 Å². The lowest BCUT2D eigenvalue weighted by Gasteiger charge is -2.29. The number of ether oxygens (including phenoxy) is 1. The average molecular weight is 533 g/mol. The van der Waals surface area contributed by atoms with Crippen LogP contribution in [0, 0.1) is 11.6 Å². The van der Waals surface area contributed by atoms with E-state index >= 15 is 0 Å². The molecule has 0 unspecified atom stereocenters. The van der Waals surface area contributed by atoms with Crippen LogP contribution in [0.25, 0.3) is 33.6 Å². The molecule has 0 fully saturated rings. The third kappa shape index (κ3) is 5.09. The van der Waals surface area contributed by atoms with Crippen LogP contribution in [0.2, 0.25) is 0 Å². The fourth-order valence-electron chi connectivity index (χ4n) is 4.65. The largest absolute Gasteiger partial charge is 0.482 e. The summed E-state index contributed by atoms with van der Waals surface area (Å²) in [6.45, 7) is -0.298. The summed E-state index contributed by atoms with van der Waals surface area (Å²) in [5.41, 5.74) is 5.10. The SMILES string of the molecule is O=C(CN1C(=O)COc2ccc(-c3cc(-c4ccc(F)cc4)cc(-c4ccc(F)cc4)n3)cc21)c1ccccc1. The highest BCUT2D eigenvalue weighted by Gasteiger charge is 2.28. The zero-order valence-corrected chi connectivity index (χ0v) is 21.2. The van der Waals surface area contributed by atoms with Crippen LogP contribution < -0.4 is 9.64 Å². The first kappa shape index (κ1) is 25.1. The topological polar surface area (TPSA) is 59.5 Å². The number of Topliss-reactive ketones (excluding diaryl/α,β-unsaturated/α-hetero) is 1. The van der Waals surface area contributed by atoms with Gasteiger partial charge in [0.05, 0.1) is 23.6 Å². The summed E-state index contributed by atoms with van der Waals surface area (Å²) < 4.78 is 32.9. The molecule has 1 aliphatic heterocycles. The second-order valence-electron chi connectivity index (χ2n) is 9.38. The van der Waals surface area contributed by atoms with Crippen LogP contribution in [0.15, 0.2) is 109 Å². The Hall–Kier alpha value is -5.17. The summed E-state index contributed by atoms with van der Waals surface area (Å²) in [7, 11) is 0. The molecule has 0 atom stereocenters. The van der Waals surface area contributed by atoms with Crippen molar-refractivity contribution in [1.82, 2.24) is 4.98 Å². The molecule has 5 nitrogen and oxygen atoms in total. The number of rotatable bonds is 6. The number of hydrogen-bond donors (Lipinski definition) is 0. The zero-order chi connectivity index (χ0) is 27.6. The molecule has 2 heterocycles. The highest BCUT2D eigenvalue weighted by Crippen LogP contribution is 2.37. The van der Waals surface area contributed by atoms with Crippen molar-refractivity contribution < 1.29 is 23.1 Å². The highest BCUT2D eigenvalue weighted by molar-refractivity contribution is 6.07. The molecule has 4 aromatic carbocycles. The van der Waals surface area contributed by atoms with Crippen LogP contribution in [0.3, 0.4) is 0 Å². The lowest BCUT2D eigenvalue weighted by molar-refractivity contribution is -0.121. The number of anilines is 1. The number of pyridine rings is 1. The van der Waals surface area contributed by atoms with E-state index in [1.54, 1.807) is 60.7 Å². The minimum absolute atomic E-state index is 0.132. The molecule has 1 aliphatic rings. The molecule has 0 aliphatic carbocycles. The molecular formula is C33H22F2N2O3. The molecule has 6 rings (SSSR count). The van der Waals surface area contributed by atoms with Crippen molar-refractivity contribution >= 4 is 17.4 Å². The molecule has 5 aromatic rings. The standard InChI is InChI=1S/C33H22F2N2O3/c34-26-11-6-21(7-12-26)25-16-28(22-8-13-27(35)14-9-22)36-29(17-25)24-10-15-32-30(18-24)37(33(39)20-40-32)19-31(38)23-4-2-1-3-5-23/h1-18H,19-20H2. The van der Waals surface area contributed by atoms with Crippen molar-refractivity contribution in [3.05, 3.63) is 126 Å². The van der Waals surface area contributed by atoms with E-state index in [1.165, 1.54) is 29.2 Å². The zero-order valence-electron chi connectivity index (χ0n) is 21.2. The van der Waals surface area contributed by atoms with Gasteiger partial charge in [-0.2, -0.15) is 0 Å². The number of ketones is 1. The number of amides is 1. The number of halogens is 2. The number of benzene rings is 4. The molecule has 196 valence electrons. The lowest BCUT2D eigenvalue weighted by Crippen LogP contribution is -2.42. The fraction of sp³-hybridized carbons (Fsp3) is 0.0606. The normalized spacial score (nSPS) is 12.6. The maximum atomic E-state index is 13.6. The molecule has 0 bridgehead atoms. The third-order valence-electron chi connectivity index (χ3n) is 6.74. The number of carbonyl (C=O) groups is 2. The number of aromatic nitrogens is 1. The molecule has 7 heteroatoms. The Balaban J connectivity index is 1.43. The molecule has 0 radical (unpaired) electrons. The molecule has 0 spiro atoms. The van der Waals surface area contributed by atoms with Crippen molar-refractivity contribution in [3.8, 4) is 39.4 Å². The van der Waals surface area contributed by atoms with Gasteiger partial charge in [-0.05, 0) is 77.9 Å². The van der Waals surface area contributed by atoms with Gasteiger partial charge in [-0.15, -0.1) is 0 Å². The van der Waals surface area contributed by atoms with Crippen molar-refractivity contribution in [1.29, 1.82) is 0 Å². The first-order chi connectivity index (χ1) is 19.4. The predicted molar refractivity (Wildman–Crippen MR) is 149 cm³/mol. The first-order valence-corrected chi connectivity index (χ1v) is 12.6. The summed E-state index contributed by atoms with van der Waals surface area (Å²) in [5.74, 6) is -0.738. The van der Waals surface area contributed by atoms with Gasteiger partial charge in [-0.1, -0.05) is 42.5 Å². The Morgan fingerprint density at radius 2 is 1.32 bits per heavy atom. The molecular weight excluding hydrogens is 510 g/mol.